The zero-order valence-electron chi connectivity index (χ0n) is 7.48. The monoisotopic (exact) mass is 225 g/mol. The zero-order chi connectivity index (χ0) is 10.1. The van der Waals surface area contributed by atoms with Crippen molar-refractivity contribution in [2.45, 2.75) is 5.16 Å². The highest BCUT2D eigenvalue weighted by molar-refractivity contribution is 7.80. The van der Waals surface area contributed by atoms with Gasteiger partial charge in [0.05, 0.1) is 0 Å². The number of hydrogen-bond donors (Lipinski definition) is 1. The van der Waals surface area contributed by atoms with E-state index in [1.54, 1.807) is 4.57 Å². The second-order valence-corrected chi connectivity index (χ2v) is 3.73. The molecule has 0 N–H and O–H groups in total. The topological polar surface area (TPSA) is 30.7 Å². The van der Waals surface area contributed by atoms with Gasteiger partial charge in [0.25, 0.3) is 0 Å². The van der Waals surface area contributed by atoms with Crippen molar-refractivity contribution in [2.75, 3.05) is 0 Å². The van der Waals surface area contributed by atoms with Crippen LogP contribution >= 0.6 is 24.2 Å². The second kappa shape index (κ2) is 3.63. The van der Waals surface area contributed by atoms with E-state index in [0.29, 0.717) is 10.2 Å². The molecule has 0 aliphatic carbocycles. The van der Waals surface area contributed by atoms with Crippen LogP contribution in [0.25, 0.3) is 11.4 Å². The summed E-state index contributed by atoms with van der Waals surface area (Å²) < 4.78 is 1.80. The molecule has 0 spiro atoms. The van der Waals surface area contributed by atoms with Crippen molar-refractivity contribution in [3.05, 3.63) is 29.3 Å². The number of aromatic nitrogens is 3. The van der Waals surface area contributed by atoms with Crippen molar-refractivity contribution in [3.8, 4) is 11.4 Å². The maximum Gasteiger partial charge on any atom is 0.188 e. The molecule has 0 aliphatic heterocycles. The smallest absolute Gasteiger partial charge is 0.188 e. The lowest BCUT2D eigenvalue weighted by atomic mass is 10.2. The van der Waals surface area contributed by atoms with Crippen molar-refractivity contribution in [2.24, 2.45) is 7.05 Å². The summed E-state index contributed by atoms with van der Waals surface area (Å²) >= 11 is 10.0. The van der Waals surface area contributed by atoms with Crippen LogP contribution in [0.15, 0.2) is 29.4 Å². The number of nitrogens with zero attached hydrogens (tertiary/aromatic N) is 3. The molecule has 2 rings (SSSR count). The summed E-state index contributed by atoms with van der Waals surface area (Å²) in [5.41, 5.74) is 0.938. The number of hydrogen-bond acceptors (Lipinski definition) is 3. The number of benzene rings is 1. The Balaban J connectivity index is 2.55. The summed E-state index contributed by atoms with van der Waals surface area (Å²) in [6.45, 7) is 0. The average Bonchev–Trinajstić information content (AvgIpc) is 2.48. The minimum atomic E-state index is 0.583. The molecule has 1 heterocycles. The van der Waals surface area contributed by atoms with Gasteiger partial charge in [-0.25, -0.2) is 0 Å². The first-order valence-electron chi connectivity index (χ1n) is 4.03. The minimum absolute atomic E-state index is 0.583. The number of rotatable bonds is 1. The predicted molar refractivity (Wildman–Crippen MR) is 58.7 cm³/mol. The van der Waals surface area contributed by atoms with E-state index >= 15 is 0 Å². The van der Waals surface area contributed by atoms with Gasteiger partial charge in [-0.3, -0.25) is 0 Å². The Labute approximate surface area is 92.1 Å². The first-order chi connectivity index (χ1) is 6.68. The van der Waals surface area contributed by atoms with Crippen LogP contribution in [0.2, 0.25) is 5.02 Å². The molecule has 0 bridgehead atoms. The van der Waals surface area contributed by atoms with Gasteiger partial charge in [-0.15, -0.1) is 22.8 Å². The van der Waals surface area contributed by atoms with Gasteiger partial charge in [-0.05, 0) is 12.1 Å². The van der Waals surface area contributed by atoms with Gasteiger partial charge in [0.2, 0.25) is 0 Å². The van der Waals surface area contributed by atoms with Gasteiger partial charge in [0, 0.05) is 17.6 Å². The Morgan fingerprint density at radius 3 is 2.71 bits per heavy atom. The minimum Gasteiger partial charge on any atom is -0.305 e. The van der Waals surface area contributed by atoms with E-state index in [2.05, 4.69) is 22.8 Å². The molecule has 1 aromatic carbocycles. The molecule has 2 aromatic rings. The first-order valence-corrected chi connectivity index (χ1v) is 4.85. The van der Waals surface area contributed by atoms with Crippen LogP contribution in [-0.2, 0) is 7.05 Å². The molecule has 0 atom stereocenters. The third-order valence-electron chi connectivity index (χ3n) is 1.93. The van der Waals surface area contributed by atoms with E-state index in [9.17, 15) is 0 Å². The summed E-state index contributed by atoms with van der Waals surface area (Å²) in [4.78, 5) is 0. The Hall–Kier alpha value is -1.00. The summed E-state index contributed by atoms with van der Waals surface area (Å²) in [5.74, 6) is 0.762. The van der Waals surface area contributed by atoms with Gasteiger partial charge < -0.3 is 4.57 Å². The van der Waals surface area contributed by atoms with Crippen molar-refractivity contribution in [1.82, 2.24) is 14.8 Å². The third kappa shape index (κ3) is 1.63. The highest BCUT2D eigenvalue weighted by Crippen LogP contribution is 2.21. The average molecular weight is 226 g/mol. The molecule has 0 saturated heterocycles. The van der Waals surface area contributed by atoms with Crippen molar-refractivity contribution in [3.63, 3.8) is 0 Å². The first kappa shape index (κ1) is 9.55. The fourth-order valence-corrected chi connectivity index (χ4v) is 1.53. The number of thiol groups is 1. The Kier molecular flexibility index (Phi) is 2.48. The molecule has 0 aliphatic rings. The van der Waals surface area contributed by atoms with Crippen molar-refractivity contribution >= 4 is 24.2 Å². The van der Waals surface area contributed by atoms with Gasteiger partial charge in [-0.1, -0.05) is 23.7 Å². The van der Waals surface area contributed by atoms with E-state index in [1.165, 1.54) is 0 Å². The Morgan fingerprint density at radius 2 is 2.14 bits per heavy atom. The van der Waals surface area contributed by atoms with Crippen LogP contribution in [0.4, 0.5) is 0 Å². The molecule has 0 fully saturated rings. The SMILES string of the molecule is Cn1c(S)nnc1-c1cccc(Cl)c1. The van der Waals surface area contributed by atoms with E-state index in [1.807, 2.05) is 31.3 Å². The molecule has 5 heteroatoms. The zero-order valence-corrected chi connectivity index (χ0v) is 9.13. The maximum atomic E-state index is 5.88. The summed E-state index contributed by atoms with van der Waals surface area (Å²) in [5, 5.41) is 9.13. The van der Waals surface area contributed by atoms with Crippen LogP contribution in [-0.4, -0.2) is 14.8 Å². The van der Waals surface area contributed by atoms with Gasteiger partial charge in [0.1, 0.15) is 0 Å². The van der Waals surface area contributed by atoms with Gasteiger partial charge in [-0.2, -0.15) is 0 Å². The molecule has 0 saturated carbocycles. The van der Waals surface area contributed by atoms with Crippen molar-refractivity contribution in [1.29, 1.82) is 0 Å². The molecule has 0 amide bonds. The molecule has 0 unspecified atom stereocenters. The third-order valence-corrected chi connectivity index (χ3v) is 2.56. The van der Waals surface area contributed by atoms with E-state index in [4.69, 9.17) is 11.6 Å². The highest BCUT2D eigenvalue weighted by Gasteiger charge is 2.07. The normalized spacial score (nSPS) is 10.5. The molecule has 1 aromatic heterocycles. The molecular weight excluding hydrogens is 218 g/mol. The van der Waals surface area contributed by atoms with Crippen LogP contribution in [0, 0.1) is 0 Å². The lowest BCUT2D eigenvalue weighted by Crippen LogP contribution is -1.92. The standard InChI is InChI=1S/C9H8ClN3S/c1-13-8(11-12-9(13)14)6-3-2-4-7(10)5-6/h2-5H,1H3,(H,12,14). The van der Waals surface area contributed by atoms with Crippen LogP contribution in [0.3, 0.4) is 0 Å². The Bertz CT molecular complexity index is 467. The van der Waals surface area contributed by atoms with E-state index in [-0.39, 0.29) is 0 Å². The van der Waals surface area contributed by atoms with E-state index < -0.39 is 0 Å². The molecule has 72 valence electrons. The molecule has 3 nitrogen and oxygen atoms in total. The maximum absolute atomic E-state index is 5.88. The van der Waals surface area contributed by atoms with Crippen LogP contribution < -0.4 is 0 Å². The lowest BCUT2D eigenvalue weighted by molar-refractivity contribution is 0.798. The summed E-state index contributed by atoms with van der Waals surface area (Å²) in [7, 11) is 1.86. The van der Waals surface area contributed by atoms with Crippen molar-refractivity contribution < 1.29 is 0 Å². The molecule has 0 radical (unpaired) electrons. The lowest BCUT2D eigenvalue weighted by Gasteiger charge is -2.01. The van der Waals surface area contributed by atoms with Gasteiger partial charge >= 0.3 is 0 Å². The number of halogens is 1. The Morgan fingerprint density at radius 1 is 1.36 bits per heavy atom. The fourth-order valence-electron chi connectivity index (χ4n) is 1.20. The largest absolute Gasteiger partial charge is 0.305 e. The fraction of sp³-hybridized carbons (Fsp3) is 0.111. The quantitative estimate of drug-likeness (QED) is 0.756. The summed E-state index contributed by atoms with van der Waals surface area (Å²) in [6.07, 6.45) is 0. The van der Waals surface area contributed by atoms with Crippen LogP contribution in [0.5, 0.6) is 0 Å². The second-order valence-electron chi connectivity index (χ2n) is 2.89. The molecular formula is C9H8ClN3S. The predicted octanol–water partition coefficient (Wildman–Crippen LogP) is 2.42. The molecule has 14 heavy (non-hydrogen) atoms. The van der Waals surface area contributed by atoms with Gasteiger partial charge in [0.15, 0.2) is 11.0 Å². The summed E-state index contributed by atoms with van der Waals surface area (Å²) in [6, 6.07) is 7.48. The van der Waals surface area contributed by atoms with E-state index in [0.717, 1.165) is 11.4 Å². The highest BCUT2D eigenvalue weighted by atomic mass is 35.5. The van der Waals surface area contributed by atoms with Crippen LogP contribution in [0.1, 0.15) is 0 Å².